The summed E-state index contributed by atoms with van der Waals surface area (Å²) in [5.74, 6) is 1.51. The van der Waals surface area contributed by atoms with Gasteiger partial charge in [-0.2, -0.15) is 0 Å². The molecule has 0 N–H and O–H groups in total. The van der Waals surface area contributed by atoms with Crippen molar-refractivity contribution in [3.05, 3.63) is 47.0 Å². The second-order valence-corrected chi connectivity index (χ2v) is 8.35. The number of benzene rings is 1. The third kappa shape index (κ3) is 3.81. The lowest BCUT2D eigenvalue weighted by molar-refractivity contribution is -0.115. The molecule has 1 aliphatic carbocycles. The van der Waals surface area contributed by atoms with Crippen molar-refractivity contribution in [2.45, 2.75) is 50.1 Å². The van der Waals surface area contributed by atoms with Crippen molar-refractivity contribution in [3.63, 3.8) is 0 Å². The molecule has 0 unspecified atom stereocenters. The van der Waals surface area contributed by atoms with Crippen LogP contribution in [0.25, 0.3) is 0 Å². The molecular weight excluding hydrogens is 397 g/mol. The first kappa shape index (κ1) is 19.1. The standard InChI is InChI=1S/C19H20FN5OS2/c1-3-24-17(13-8-9-13)22-23-19(24)28-11-14-10-27-18(21-14)25(12(2)26)16-7-5-4-6-15(16)20/h4-7,10,13H,3,8-9,11H2,1-2H3. The first-order chi connectivity index (χ1) is 13.6. The highest BCUT2D eigenvalue weighted by Gasteiger charge is 2.30. The van der Waals surface area contributed by atoms with Gasteiger partial charge in [0.25, 0.3) is 0 Å². The maximum atomic E-state index is 14.2. The van der Waals surface area contributed by atoms with Crippen LogP contribution in [0.4, 0.5) is 15.2 Å². The van der Waals surface area contributed by atoms with Gasteiger partial charge in [0.05, 0.1) is 11.4 Å². The Hall–Kier alpha value is -2.26. The molecule has 2 aromatic heterocycles. The van der Waals surface area contributed by atoms with Crippen molar-refractivity contribution in [1.29, 1.82) is 0 Å². The molecule has 1 aliphatic rings. The Bertz CT molecular complexity index is 998. The van der Waals surface area contributed by atoms with E-state index in [9.17, 15) is 9.18 Å². The Labute approximate surface area is 170 Å². The van der Waals surface area contributed by atoms with Gasteiger partial charge < -0.3 is 4.57 Å². The van der Waals surface area contributed by atoms with Gasteiger partial charge in [-0.1, -0.05) is 23.9 Å². The van der Waals surface area contributed by atoms with E-state index in [2.05, 4.69) is 26.7 Å². The Morgan fingerprint density at radius 3 is 2.82 bits per heavy atom. The van der Waals surface area contributed by atoms with Crippen molar-refractivity contribution in [3.8, 4) is 0 Å². The van der Waals surface area contributed by atoms with E-state index < -0.39 is 5.82 Å². The molecule has 146 valence electrons. The van der Waals surface area contributed by atoms with Gasteiger partial charge in [-0.05, 0) is 31.9 Å². The van der Waals surface area contributed by atoms with Gasteiger partial charge in [-0.3, -0.25) is 9.69 Å². The topological polar surface area (TPSA) is 63.9 Å². The molecule has 0 aliphatic heterocycles. The number of thiazole rings is 1. The summed E-state index contributed by atoms with van der Waals surface area (Å²) in [7, 11) is 0. The number of aromatic nitrogens is 4. The summed E-state index contributed by atoms with van der Waals surface area (Å²) in [6, 6.07) is 6.22. The molecule has 0 bridgehead atoms. The van der Waals surface area contributed by atoms with E-state index in [4.69, 9.17) is 0 Å². The third-order valence-electron chi connectivity index (χ3n) is 4.49. The van der Waals surface area contributed by atoms with E-state index in [0.29, 0.717) is 16.8 Å². The molecule has 1 fully saturated rings. The molecule has 1 aromatic carbocycles. The number of anilines is 2. The molecular formula is C19H20FN5OS2. The minimum Gasteiger partial charge on any atom is -0.306 e. The largest absolute Gasteiger partial charge is 0.306 e. The SMILES string of the molecule is CCn1c(SCc2csc(N(C(C)=O)c3ccccc3F)n2)nnc1C1CC1. The fourth-order valence-electron chi connectivity index (χ4n) is 2.99. The van der Waals surface area contributed by atoms with Gasteiger partial charge in [0.15, 0.2) is 10.3 Å². The highest BCUT2D eigenvalue weighted by atomic mass is 32.2. The van der Waals surface area contributed by atoms with Crippen molar-refractivity contribution in [2.24, 2.45) is 0 Å². The van der Waals surface area contributed by atoms with Crippen molar-refractivity contribution in [2.75, 3.05) is 4.90 Å². The second-order valence-electron chi connectivity index (χ2n) is 6.58. The zero-order valence-corrected chi connectivity index (χ0v) is 17.3. The maximum Gasteiger partial charge on any atom is 0.230 e. The molecule has 1 saturated carbocycles. The summed E-state index contributed by atoms with van der Waals surface area (Å²) < 4.78 is 16.3. The van der Waals surface area contributed by atoms with Gasteiger partial charge in [0.1, 0.15) is 11.6 Å². The molecule has 3 aromatic rings. The van der Waals surface area contributed by atoms with E-state index in [1.807, 2.05) is 5.38 Å². The predicted octanol–water partition coefficient (Wildman–Crippen LogP) is 4.75. The molecule has 4 rings (SSSR count). The number of hydrogen-bond acceptors (Lipinski definition) is 6. The van der Waals surface area contributed by atoms with Crippen LogP contribution in [-0.4, -0.2) is 25.7 Å². The van der Waals surface area contributed by atoms with Crippen LogP contribution >= 0.6 is 23.1 Å². The van der Waals surface area contributed by atoms with E-state index in [-0.39, 0.29) is 11.6 Å². The summed E-state index contributed by atoms with van der Waals surface area (Å²) in [5, 5.41) is 11.9. The highest BCUT2D eigenvalue weighted by Crippen LogP contribution is 2.40. The van der Waals surface area contributed by atoms with Crippen molar-refractivity contribution < 1.29 is 9.18 Å². The van der Waals surface area contributed by atoms with Crippen LogP contribution in [0.5, 0.6) is 0 Å². The molecule has 9 heteroatoms. The smallest absolute Gasteiger partial charge is 0.230 e. The van der Waals surface area contributed by atoms with Gasteiger partial charge in [0.2, 0.25) is 5.91 Å². The van der Waals surface area contributed by atoms with Crippen LogP contribution in [-0.2, 0) is 17.1 Å². The number of carbonyl (C=O) groups is 1. The third-order valence-corrected chi connectivity index (χ3v) is 6.37. The number of amides is 1. The highest BCUT2D eigenvalue weighted by molar-refractivity contribution is 7.98. The van der Waals surface area contributed by atoms with Crippen LogP contribution < -0.4 is 4.90 Å². The van der Waals surface area contributed by atoms with Crippen LogP contribution in [0.3, 0.4) is 0 Å². The van der Waals surface area contributed by atoms with Gasteiger partial charge in [-0.25, -0.2) is 9.37 Å². The van der Waals surface area contributed by atoms with Gasteiger partial charge in [-0.15, -0.1) is 21.5 Å². The van der Waals surface area contributed by atoms with Crippen molar-refractivity contribution >= 4 is 39.8 Å². The maximum absolute atomic E-state index is 14.2. The quantitative estimate of drug-likeness (QED) is 0.519. The number of carbonyl (C=O) groups excluding carboxylic acids is 1. The molecule has 0 saturated heterocycles. The predicted molar refractivity (Wildman–Crippen MR) is 109 cm³/mol. The lowest BCUT2D eigenvalue weighted by atomic mass is 10.3. The lowest BCUT2D eigenvalue weighted by Crippen LogP contribution is -2.23. The normalized spacial score (nSPS) is 13.7. The Morgan fingerprint density at radius 2 is 2.14 bits per heavy atom. The summed E-state index contributed by atoms with van der Waals surface area (Å²) in [6.07, 6.45) is 2.38. The molecule has 0 radical (unpaired) electrons. The Kier molecular flexibility index (Phi) is 5.45. The Balaban J connectivity index is 1.51. The number of halogens is 1. The minimum atomic E-state index is -0.451. The average molecular weight is 418 g/mol. The fraction of sp³-hybridized carbons (Fsp3) is 0.368. The van der Waals surface area contributed by atoms with E-state index in [0.717, 1.165) is 23.2 Å². The number of hydrogen-bond donors (Lipinski definition) is 0. The van der Waals surface area contributed by atoms with Crippen LogP contribution in [0.1, 0.15) is 44.1 Å². The minimum absolute atomic E-state index is 0.211. The number of para-hydroxylation sites is 1. The summed E-state index contributed by atoms with van der Waals surface area (Å²) in [5.41, 5.74) is 1.04. The molecule has 6 nitrogen and oxygen atoms in total. The fourth-order valence-corrected chi connectivity index (χ4v) is 4.88. The molecule has 2 heterocycles. The lowest BCUT2D eigenvalue weighted by Gasteiger charge is -2.18. The summed E-state index contributed by atoms with van der Waals surface area (Å²) in [4.78, 5) is 18.0. The molecule has 28 heavy (non-hydrogen) atoms. The average Bonchev–Trinajstić information content (AvgIpc) is 3.28. The second kappa shape index (κ2) is 8.00. The van der Waals surface area contributed by atoms with E-state index in [1.54, 1.807) is 30.0 Å². The number of nitrogens with zero attached hydrogens (tertiary/aromatic N) is 5. The molecule has 0 spiro atoms. The first-order valence-electron chi connectivity index (χ1n) is 9.14. The van der Waals surface area contributed by atoms with Crippen LogP contribution in [0.2, 0.25) is 0 Å². The number of thioether (sulfide) groups is 1. The van der Waals surface area contributed by atoms with Crippen LogP contribution in [0, 0.1) is 5.82 Å². The summed E-state index contributed by atoms with van der Waals surface area (Å²) >= 11 is 2.91. The number of rotatable bonds is 7. The monoisotopic (exact) mass is 417 g/mol. The summed E-state index contributed by atoms with van der Waals surface area (Å²) in [6.45, 7) is 4.35. The van der Waals surface area contributed by atoms with Gasteiger partial charge >= 0.3 is 0 Å². The van der Waals surface area contributed by atoms with Crippen molar-refractivity contribution in [1.82, 2.24) is 19.7 Å². The van der Waals surface area contributed by atoms with Crippen LogP contribution in [0.15, 0.2) is 34.8 Å². The van der Waals surface area contributed by atoms with Gasteiger partial charge in [0, 0.05) is 30.5 Å². The first-order valence-corrected chi connectivity index (χ1v) is 11.0. The molecule has 1 amide bonds. The van der Waals surface area contributed by atoms with E-state index in [1.165, 1.54) is 42.1 Å². The zero-order chi connectivity index (χ0) is 19.7. The zero-order valence-electron chi connectivity index (χ0n) is 15.6. The Morgan fingerprint density at radius 1 is 1.36 bits per heavy atom. The van der Waals surface area contributed by atoms with E-state index >= 15 is 0 Å². The molecule has 0 atom stereocenters.